The molecule has 6 aliphatic heterocycles. The normalized spacial score (nSPS) is 35.9. The van der Waals surface area contributed by atoms with Gasteiger partial charge in [0.2, 0.25) is 0 Å². The summed E-state index contributed by atoms with van der Waals surface area (Å²) in [5, 5.41) is 9.30. The Labute approximate surface area is 418 Å². The van der Waals surface area contributed by atoms with Crippen LogP contribution in [0.2, 0.25) is 48.4 Å². The number of aliphatic hydroxyl groups excluding tert-OH is 1. The van der Waals surface area contributed by atoms with Crippen molar-refractivity contribution < 1.29 is 73.6 Å². The fourth-order valence-electron chi connectivity index (χ4n) is 10.2. The zero-order chi connectivity index (χ0) is 51.0. The first-order chi connectivity index (χ1) is 31.3. The summed E-state index contributed by atoms with van der Waals surface area (Å²) >= 11 is 0. The summed E-state index contributed by atoms with van der Waals surface area (Å²) in [5.74, 6) is -0.647. The predicted octanol–water partition coefficient (Wildman–Crippen LogP) is 9.66. The van der Waals surface area contributed by atoms with Crippen molar-refractivity contribution in [3.63, 3.8) is 0 Å². The smallest absolute Gasteiger partial charge is 0.465 e. The Kier molecular flexibility index (Phi) is 19.2. The topological polar surface area (TPSA) is 184 Å². The van der Waals surface area contributed by atoms with Gasteiger partial charge in [0, 0.05) is 48.4 Å². The van der Waals surface area contributed by atoms with Gasteiger partial charge in [-0.3, -0.25) is 9.59 Å². The van der Waals surface area contributed by atoms with Crippen LogP contribution in [-0.2, 0) is 68.4 Å². The molecule has 0 amide bonds. The zero-order valence-corrected chi connectivity index (χ0v) is 52.9. The molecule has 1 unspecified atom stereocenters. The molecule has 6 fully saturated rings. The third kappa shape index (κ3) is 14.3. The quantitative estimate of drug-likeness (QED) is 0.0517. The summed E-state index contributed by atoms with van der Waals surface area (Å²) in [5.41, 5.74) is -2.03. The Morgan fingerprint density at radius 1 is 0.426 bits per heavy atom. The second-order valence-corrected chi connectivity index (χ2v) is 48.0. The standard InChI is InChI=1S/C43H90O17Si8/c1-19-43(18,41(46)48-23-21-44)32-42(16,17)40(45)47-22-20-24-61-49-62(25-33(2)3)52-65(28-36(8)9)54-63(50-61,26-34(4)5)56-67(30-38(12)13)57-64(51-61,27-35(6)7)55-66(53-62,29-37(10)11)59-68(58-65,60-67)31-39(14)15/h33-39,44H,19-32H2,1-18H3. The van der Waals surface area contributed by atoms with Gasteiger partial charge in [-0.05, 0) is 81.5 Å². The third-order valence-electron chi connectivity index (χ3n) is 12.2. The highest BCUT2D eigenvalue weighted by Gasteiger charge is 2.83. The highest BCUT2D eigenvalue weighted by molar-refractivity contribution is 7.03. The van der Waals surface area contributed by atoms with Gasteiger partial charge in [-0.15, -0.1) is 0 Å². The summed E-state index contributed by atoms with van der Waals surface area (Å²) in [7, 11) is -32.7. The molecule has 0 radical (unpaired) electrons. The van der Waals surface area contributed by atoms with E-state index in [1.807, 2.05) is 6.92 Å². The first-order valence-electron chi connectivity index (χ1n) is 25.6. The molecule has 6 rings (SSSR count). The molecule has 396 valence electrons. The Bertz CT molecular complexity index is 1570. The number of carbonyl (C=O) groups excluding carboxylic acids is 2. The van der Waals surface area contributed by atoms with E-state index in [-0.39, 0.29) is 80.1 Å². The van der Waals surface area contributed by atoms with Crippen molar-refractivity contribution in [2.45, 2.75) is 192 Å². The lowest BCUT2D eigenvalue weighted by molar-refractivity contribution is -0.163. The van der Waals surface area contributed by atoms with Crippen LogP contribution in [0.5, 0.6) is 0 Å². The van der Waals surface area contributed by atoms with Crippen molar-refractivity contribution in [2.75, 3.05) is 19.8 Å². The number of esters is 2. The van der Waals surface area contributed by atoms with E-state index in [1.165, 1.54) is 0 Å². The molecule has 0 aromatic rings. The molecule has 0 saturated carbocycles. The van der Waals surface area contributed by atoms with Gasteiger partial charge in [0.05, 0.1) is 24.0 Å². The van der Waals surface area contributed by atoms with E-state index in [0.29, 0.717) is 48.7 Å². The maximum absolute atomic E-state index is 14.0. The molecule has 1 N–H and O–H groups in total. The Hall–Kier alpha value is 0.155. The van der Waals surface area contributed by atoms with E-state index in [2.05, 4.69) is 96.9 Å². The first-order valence-corrected chi connectivity index (χ1v) is 41.1. The molecular formula is C43H90O17Si8. The Morgan fingerprint density at radius 3 is 0.912 bits per heavy atom. The molecule has 0 aromatic carbocycles. The number of aliphatic hydroxyl groups is 1. The molecule has 68 heavy (non-hydrogen) atoms. The number of hydrogen-bond donors (Lipinski definition) is 1. The fourth-order valence-corrected chi connectivity index (χ4v) is 61.8. The van der Waals surface area contributed by atoms with Crippen LogP contribution in [0.15, 0.2) is 0 Å². The number of ether oxygens (including phenoxy) is 2. The molecule has 0 aliphatic carbocycles. The van der Waals surface area contributed by atoms with E-state index in [1.54, 1.807) is 20.8 Å². The molecule has 0 aromatic heterocycles. The Balaban J connectivity index is 1.74. The van der Waals surface area contributed by atoms with Gasteiger partial charge in [0.25, 0.3) is 0 Å². The van der Waals surface area contributed by atoms with Crippen LogP contribution in [0, 0.1) is 52.3 Å². The average Bonchev–Trinajstić information content (AvgIpc) is 3.09. The molecule has 6 aliphatic rings. The summed E-state index contributed by atoms with van der Waals surface area (Å²) in [6.07, 6.45) is 0.888. The van der Waals surface area contributed by atoms with Crippen molar-refractivity contribution >= 4 is 82.4 Å². The Morgan fingerprint density at radius 2 is 0.676 bits per heavy atom. The SMILES string of the molecule is CCC(C)(CC(C)(C)C(=O)OCCC[Si]12O[Si]3(CC(C)C)O[Si]4(CC(C)C)O[Si](CC(C)C)(O1)O[Si]1(CC(C)C)O[Si](CC(C)C)(O2)O[Si](CC(C)C)(O3)O[Si](CC(C)C)(O4)O1)C(=O)OCCO. The van der Waals surface area contributed by atoms with E-state index >= 15 is 0 Å². The van der Waals surface area contributed by atoms with Crippen LogP contribution >= 0.6 is 0 Å². The van der Waals surface area contributed by atoms with Gasteiger partial charge in [-0.1, -0.05) is 104 Å². The lowest BCUT2D eigenvalue weighted by Crippen LogP contribution is -2.88. The molecule has 25 heteroatoms. The minimum absolute atomic E-state index is 0.00495. The molecule has 6 heterocycles. The van der Waals surface area contributed by atoms with Gasteiger partial charge in [-0.2, -0.15) is 0 Å². The third-order valence-corrected chi connectivity index (χ3v) is 52.2. The van der Waals surface area contributed by atoms with E-state index < -0.39 is 93.2 Å². The monoisotopic (exact) mass is 1100 g/mol. The van der Waals surface area contributed by atoms with Crippen molar-refractivity contribution in [3.8, 4) is 0 Å². The van der Waals surface area contributed by atoms with Crippen molar-refractivity contribution in [2.24, 2.45) is 52.3 Å². The van der Waals surface area contributed by atoms with Gasteiger partial charge >= 0.3 is 82.4 Å². The fraction of sp³-hybridized carbons (Fsp3) is 0.953. The van der Waals surface area contributed by atoms with Crippen molar-refractivity contribution in [1.82, 2.24) is 0 Å². The van der Waals surface area contributed by atoms with Gasteiger partial charge in [0.15, 0.2) is 0 Å². The molecular weight excluding hydrogens is 1010 g/mol. The predicted molar refractivity (Wildman–Crippen MR) is 272 cm³/mol. The number of rotatable bonds is 25. The molecule has 0 spiro atoms. The van der Waals surface area contributed by atoms with Crippen LogP contribution in [-0.4, -0.2) is 107 Å². The molecule has 17 nitrogen and oxygen atoms in total. The second-order valence-electron chi connectivity index (χ2n) is 23.9. The minimum atomic E-state index is -4.25. The van der Waals surface area contributed by atoms with E-state index in [0.717, 1.165) is 0 Å². The van der Waals surface area contributed by atoms with E-state index in [9.17, 15) is 14.7 Å². The van der Waals surface area contributed by atoms with Crippen LogP contribution in [0.1, 0.15) is 144 Å². The van der Waals surface area contributed by atoms with Crippen LogP contribution in [0.4, 0.5) is 0 Å². The van der Waals surface area contributed by atoms with Crippen molar-refractivity contribution in [3.05, 3.63) is 0 Å². The maximum atomic E-state index is 14.0. The molecule has 1 atom stereocenters. The van der Waals surface area contributed by atoms with Crippen LogP contribution in [0.3, 0.4) is 0 Å². The van der Waals surface area contributed by atoms with Gasteiger partial charge in [0.1, 0.15) is 6.61 Å². The summed E-state index contributed by atoms with van der Waals surface area (Å²) in [6, 6.07) is 2.96. The first kappa shape index (κ1) is 59.0. The maximum Gasteiger partial charge on any atom is 0.479 e. The number of hydrogen-bond acceptors (Lipinski definition) is 17. The summed E-state index contributed by atoms with van der Waals surface area (Å²) in [4.78, 5) is 27.2. The number of carbonyl (C=O) groups is 2. The average molecular weight is 1100 g/mol. The van der Waals surface area contributed by atoms with Crippen LogP contribution < -0.4 is 0 Å². The van der Waals surface area contributed by atoms with Gasteiger partial charge < -0.3 is 64.0 Å². The highest BCUT2D eigenvalue weighted by Crippen LogP contribution is 2.56. The van der Waals surface area contributed by atoms with E-state index in [4.69, 9.17) is 58.9 Å². The second kappa shape index (κ2) is 22.2. The lowest BCUT2D eigenvalue weighted by atomic mass is 9.72. The summed E-state index contributed by atoms with van der Waals surface area (Å²) < 4.78 is 105. The molecule has 6 saturated heterocycles. The minimum Gasteiger partial charge on any atom is -0.465 e. The molecule has 8 bridgehead atoms. The van der Waals surface area contributed by atoms with Gasteiger partial charge in [-0.25, -0.2) is 0 Å². The zero-order valence-electron chi connectivity index (χ0n) is 44.9. The van der Waals surface area contributed by atoms with Crippen LogP contribution in [0.25, 0.3) is 0 Å². The van der Waals surface area contributed by atoms with Crippen molar-refractivity contribution in [1.29, 1.82) is 0 Å². The largest absolute Gasteiger partial charge is 0.479 e. The highest BCUT2D eigenvalue weighted by atomic mass is 28.6. The summed E-state index contributed by atoms with van der Waals surface area (Å²) in [6.45, 7) is 36.6. The lowest BCUT2D eigenvalue weighted by Gasteiger charge is -2.64.